The molecule has 0 unspecified atom stereocenters. The molecule has 0 spiro atoms. The van der Waals surface area contributed by atoms with Crippen LogP contribution in [0.5, 0.6) is 0 Å². The van der Waals surface area contributed by atoms with Gasteiger partial charge in [-0.25, -0.2) is 0 Å². The van der Waals surface area contributed by atoms with E-state index in [1.165, 1.54) is 25.8 Å². The molecule has 0 bridgehead atoms. The molecule has 1 aliphatic heterocycles. The minimum absolute atomic E-state index is 0.201. The second-order valence-corrected chi connectivity index (χ2v) is 4.89. The number of amidine groups is 1. The maximum atomic E-state index is 7.71. The van der Waals surface area contributed by atoms with Gasteiger partial charge in [0.05, 0.1) is 0 Å². The minimum Gasteiger partial charge on any atom is -0.385 e. The molecule has 0 atom stereocenters. The predicted octanol–water partition coefficient (Wildman–Crippen LogP) is 1.98. The summed E-state index contributed by atoms with van der Waals surface area (Å²) < 4.78 is 5.73. The summed E-state index contributed by atoms with van der Waals surface area (Å²) in [6, 6.07) is 0. The lowest BCUT2D eigenvalue weighted by molar-refractivity contribution is -0.0310. The van der Waals surface area contributed by atoms with Crippen molar-refractivity contribution in [3.05, 3.63) is 0 Å². The van der Waals surface area contributed by atoms with E-state index < -0.39 is 5.60 Å². The van der Waals surface area contributed by atoms with E-state index in [1.807, 2.05) is 6.92 Å². The van der Waals surface area contributed by atoms with Crippen molar-refractivity contribution in [3.63, 3.8) is 0 Å². The van der Waals surface area contributed by atoms with Gasteiger partial charge in [-0.15, -0.1) is 0 Å². The Balaban J connectivity index is 2.39. The van der Waals surface area contributed by atoms with Crippen molar-refractivity contribution in [1.29, 1.82) is 5.41 Å². The van der Waals surface area contributed by atoms with Crippen LogP contribution in [0.4, 0.5) is 0 Å². The molecule has 0 aliphatic carbocycles. The summed E-state index contributed by atoms with van der Waals surface area (Å²) in [7, 11) is 0. The molecular weight excluding hydrogens is 214 g/mol. The average molecular weight is 241 g/mol. The number of nitrogens with two attached hydrogens (primary N) is 1. The van der Waals surface area contributed by atoms with Crippen molar-refractivity contribution >= 4 is 5.84 Å². The monoisotopic (exact) mass is 241 g/mol. The molecular formula is C13H27N3O. The van der Waals surface area contributed by atoms with Crippen LogP contribution in [-0.4, -0.2) is 42.6 Å². The summed E-state index contributed by atoms with van der Waals surface area (Å²) in [5, 5.41) is 7.71. The number of likely N-dealkylation sites (tertiary alicyclic amines) is 1. The third-order valence-corrected chi connectivity index (χ3v) is 3.65. The van der Waals surface area contributed by atoms with Gasteiger partial charge in [0, 0.05) is 19.7 Å². The van der Waals surface area contributed by atoms with Crippen molar-refractivity contribution in [2.75, 3.05) is 26.2 Å². The van der Waals surface area contributed by atoms with Crippen LogP contribution in [0.2, 0.25) is 0 Å². The van der Waals surface area contributed by atoms with Crippen molar-refractivity contribution in [1.82, 2.24) is 4.90 Å². The highest BCUT2D eigenvalue weighted by Gasteiger charge is 2.37. The van der Waals surface area contributed by atoms with Gasteiger partial charge in [-0.3, -0.25) is 5.41 Å². The lowest BCUT2D eigenvalue weighted by Gasteiger charge is -2.40. The standard InChI is InChI=1S/C13H27N3O/c1-3-5-6-9-16-10-7-13(8-11-16,12(14)15)17-4-2/h3-11H2,1-2H3,(H3,14,15). The van der Waals surface area contributed by atoms with Crippen LogP contribution in [0.25, 0.3) is 0 Å². The fraction of sp³-hybridized carbons (Fsp3) is 0.923. The number of nitrogens with zero attached hydrogens (tertiary/aromatic N) is 1. The van der Waals surface area contributed by atoms with E-state index in [2.05, 4.69) is 11.8 Å². The summed E-state index contributed by atoms with van der Waals surface area (Å²) in [6.07, 6.45) is 5.58. The summed E-state index contributed by atoms with van der Waals surface area (Å²) in [6.45, 7) is 8.01. The molecule has 17 heavy (non-hydrogen) atoms. The average Bonchev–Trinajstić information content (AvgIpc) is 2.32. The Kier molecular flexibility index (Phi) is 5.92. The van der Waals surface area contributed by atoms with Crippen LogP contribution in [0.15, 0.2) is 0 Å². The van der Waals surface area contributed by atoms with E-state index in [-0.39, 0.29) is 5.84 Å². The number of piperidine rings is 1. The normalized spacial score (nSPS) is 20.4. The zero-order chi connectivity index (χ0) is 12.7. The Morgan fingerprint density at radius 3 is 2.41 bits per heavy atom. The van der Waals surface area contributed by atoms with Gasteiger partial charge in [-0.1, -0.05) is 19.8 Å². The van der Waals surface area contributed by atoms with Gasteiger partial charge in [0.1, 0.15) is 11.4 Å². The van der Waals surface area contributed by atoms with Gasteiger partial charge in [-0.05, 0) is 32.7 Å². The van der Waals surface area contributed by atoms with Gasteiger partial charge >= 0.3 is 0 Å². The maximum absolute atomic E-state index is 7.71. The van der Waals surface area contributed by atoms with Gasteiger partial charge in [0.15, 0.2) is 0 Å². The smallest absolute Gasteiger partial charge is 0.127 e. The van der Waals surface area contributed by atoms with Crippen molar-refractivity contribution in [2.45, 2.75) is 51.6 Å². The Labute approximate surface area is 105 Å². The molecule has 4 heteroatoms. The Bertz CT molecular complexity index is 235. The van der Waals surface area contributed by atoms with Crippen LogP contribution in [-0.2, 0) is 4.74 Å². The quantitative estimate of drug-likeness (QED) is 0.407. The highest BCUT2D eigenvalue weighted by Crippen LogP contribution is 2.26. The second-order valence-electron chi connectivity index (χ2n) is 4.89. The molecule has 1 fully saturated rings. The molecule has 1 saturated heterocycles. The summed E-state index contributed by atoms with van der Waals surface area (Å²) in [5.74, 6) is 0.201. The lowest BCUT2D eigenvalue weighted by atomic mass is 9.89. The SMILES string of the molecule is CCCCCN1CCC(OCC)(C(=N)N)CC1. The van der Waals surface area contributed by atoms with Gasteiger partial charge < -0.3 is 15.4 Å². The maximum Gasteiger partial charge on any atom is 0.127 e. The number of nitrogens with one attached hydrogen (secondary N) is 1. The lowest BCUT2D eigenvalue weighted by Crippen LogP contribution is -2.53. The van der Waals surface area contributed by atoms with E-state index in [1.54, 1.807) is 0 Å². The molecule has 0 aromatic carbocycles. The molecule has 1 rings (SSSR count). The molecule has 1 heterocycles. The third kappa shape index (κ3) is 3.96. The first-order valence-electron chi connectivity index (χ1n) is 6.85. The molecule has 4 nitrogen and oxygen atoms in total. The van der Waals surface area contributed by atoms with Crippen LogP contribution < -0.4 is 5.73 Å². The van der Waals surface area contributed by atoms with Crippen LogP contribution in [0.1, 0.15) is 46.0 Å². The zero-order valence-corrected chi connectivity index (χ0v) is 11.3. The van der Waals surface area contributed by atoms with Gasteiger partial charge in [-0.2, -0.15) is 0 Å². The second kappa shape index (κ2) is 6.97. The van der Waals surface area contributed by atoms with Crippen molar-refractivity contribution < 1.29 is 4.74 Å². The van der Waals surface area contributed by atoms with E-state index in [0.29, 0.717) is 6.61 Å². The zero-order valence-electron chi connectivity index (χ0n) is 11.3. The topological polar surface area (TPSA) is 62.3 Å². The first-order chi connectivity index (χ1) is 8.14. The molecule has 0 aromatic rings. The van der Waals surface area contributed by atoms with Crippen LogP contribution in [0.3, 0.4) is 0 Å². The van der Waals surface area contributed by atoms with Gasteiger partial charge in [0.2, 0.25) is 0 Å². The first-order valence-corrected chi connectivity index (χ1v) is 6.85. The number of ether oxygens (including phenoxy) is 1. The number of hydrogen-bond acceptors (Lipinski definition) is 3. The Morgan fingerprint density at radius 1 is 1.29 bits per heavy atom. The Morgan fingerprint density at radius 2 is 1.94 bits per heavy atom. The van der Waals surface area contributed by atoms with E-state index in [9.17, 15) is 0 Å². The first kappa shape index (κ1) is 14.5. The number of unbranched alkanes of at least 4 members (excludes halogenated alkanes) is 2. The molecule has 0 saturated carbocycles. The van der Waals surface area contributed by atoms with Gasteiger partial charge in [0.25, 0.3) is 0 Å². The molecule has 0 amide bonds. The van der Waals surface area contributed by atoms with Crippen molar-refractivity contribution in [2.24, 2.45) is 5.73 Å². The van der Waals surface area contributed by atoms with Crippen molar-refractivity contribution in [3.8, 4) is 0 Å². The molecule has 3 N–H and O–H groups in total. The fourth-order valence-electron chi connectivity index (χ4n) is 2.49. The fourth-order valence-corrected chi connectivity index (χ4v) is 2.49. The minimum atomic E-state index is -0.476. The molecule has 0 aromatic heterocycles. The third-order valence-electron chi connectivity index (χ3n) is 3.65. The Hall–Kier alpha value is -0.610. The molecule has 100 valence electrons. The van der Waals surface area contributed by atoms with Crippen LogP contribution >= 0.6 is 0 Å². The van der Waals surface area contributed by atoms with E-state index in [4.69, 9.17) is 15.9 Å². The largest absolute Gasteiger partial charge is 0.385 e. The predicted molar refractivity (Wildman–Crippen MR) is 71.5 cm³/mol. The number of hydrogen-bond donors (Lipinski definition) is 2. The highest BCUT2D eigenvalue weighted by molar-refractivity contribution is 5.86. The van der Waals surface area contributed by atoms with E-state index in [0.717, 1.165) is 25.9 Å². The molecule has 1 aliphatic rings. The number of rotatable bonds is 7. The highest BCUT2D eigenvalue weighted by atomic mass is 16.5. The summed E-state index contributed by atoms with van der Waals surface area (Å²) in [4.78, 5) is 2.47. The van der Waals surface area contributed by atoms with E-state index >= 15 is 0 Å². The summed E-state index contributed by atoms with van der Waals surface area (Å²) >= 11 is 0. The van der Waals surface area contributed by atoms with Crippen LogP contribution in [0, 0.1) is 5.41 Å². The summed E-state index contributed by atoms with van der Waals surface area (Å²) in [5.41, 5.74) is 5.22. The molecule has 0 radical (unpaired) electrons.